The summed E-state index contributed by atoms with van der Waals surface area (Å²) >= 11 is 0. The highest BCUT2D eigenvalue weighted by atomic mass is 31.2. The summed E-state index contributed by atoms with van der Waals surface area (Å²) in [5, 5.41) is 3.51. The Morgan fingerprint density at radius 2 is 1.32 bits per heavy atom. The topological polar surface area (TPSA) is 49.7 Å². The molecular formula is C13H37N7P2. The molecule has 0 aromatic heterocycles. The number of hydrogen-bond donors (Lipinski definition) is 1. The summed E-state index contributed by atoms with van der Waals surface area (Å²) in [4.78, 5) is 2.20. The Morgan fingerprint density at radius 3 is 1.59 bits per heavy atom. The van der Waals surface area contributed by atoms with Crippen molar-refractivity contribution in [1.29, 1.82) is 0 Å². The van der Waals surface area contributed by atoms with Crippen molar-refractivity contribution in [2.45, 2.75) is 6.92 Å². The van der Waals surface area contributed by atoms with E-state index in [0.29, 0.717) is 0 Å². The fourth-order valence-electron chi connectivity index (χ4n) is 2.36. The van der Waals surface area contributed by atoms with Crippen molar-refractivity contribution < 1.29 is 0 Å². The van der Waals surface area contributed by atoms with E-state index < -0.39 is 14.7 Å². The van der Waals surface area contributed by atoms with E-state index in [1.165, 1.54) is 0 Å². The molecule has 0 aliphatic heterocycles. The molecule has 0 aromatic carbocycles. The van der Waals surface area contributed by atoms with Gasteiger partial charge in [0.25, 0.3) is 0 Å². The fraction of sp³-hybridized carbons (Fsp3) is 1.00. The van der Waals surface area contributed by atoms with Gasteiger partial charge in [-0.3, -0.25) is 28.6 Å². The van der Waals surface area contributed by atoms with E-state index in [1.54, 1.807) is 0 Å². The Bertz CT molecular complexity index is 418. The van der Waals surface area contributed by atoms with Crippen molar-refractivity contribution in [2.24, 2.45) is 9.49 Å². The Hall–Kier alpha value is 0.260. The van der Waals surface area contributed by atoms with Gasteiger partial charge < -0.3 is 4.90 Å². The molecule has 0 aliphatic rings. The summed E-state index contributed by atoms with van der Waals surface area (Å²) in [6.07, 6.45) is 1.67. The number of rotatable bonds is 9. The molecule has 0 saturated heterocycles. The van der Waals surface area contributed by atoms with Crippen LogP contribution in [0.1, 0.15) is 6.92 Å². The molecule has 22 heavy (non-hydrogen) atoms. The van der Waals surface area contributed by atoms with E-state index in [1.807, 2.05) is 7.05 Å². The lowest BCUT2D eigenvalue weighted by Crippen LogP contribution is -2.29. The van der Waals surface area contributed by atoms with Crippen molar-refractivity contribution in [2.75, 3.05) is 82.5 Å². The third-order valence-electron chi connectivity index (χ3n) is 3.64. The second-order valence-electron chi connectivity index (χ2n) is 6.15. The van der Waals surface area contributed by atoms with Gasteiger partial charge in [-0.1, -0.05) is 0 Å². The van der Waals surface area contributed by atoms with Crippen LogP contribution in [0.5, 0.6) is 0 Å². The van der Waals surface area contributed by atoms with Crippen LogP contribution in [0, 0.1) is 0 Å². The molecule has 9 heteroatoms. The molecule has 0 bridgehead atoms. The first-order valence-electron chi connectivity index (χ1n) is 7.59. The van der Waals surface area contributed by atoms with Crippen LogP contribution in [0.3, 0.4) is 0 Å². The summed E-state index contributed by atoms with van der Waals surface area (Å²) in [5.41, 5.74) is 0. The van der Waals surface area contributed by atoms with Crippen LogP contribution in [-0.4, -0.2) is 101 Å². The minimum atomic E-state index is -1.77. The zero-order valence-electron chi connectivity index (χ0n) is 16.2. The molecular weight excluding hydrogens is 316 g/mol. The third-order valence-corrected chi connectivity index (χ3v) is 11.3. The second-order valence-corrected chi connectivity index (χ2v) is 13.0. The minimum absolute atomic E-state index is 0.751. The first-order chi connectivity index (χ1) is 10.1. The van der Waals surface area contributed by atoms with E-state index in [2.05, 4.69) is 87.3 Å². The molecule has 0 saturated carbocycles. The summed E-state index contributed by atoms with van der Waals surface area (Å²) < 4.78 is 16.9. The highest BCUT2D eigenvalue weighted by molar-refractivity contribution is 7.64. The zero-order chi connectivity index (χ0) is 17.6. The number of nitrogens with zero attached hydrogens (tertiary/aromatic N) is 6. The lowest BCUT2D eigenvalue weighted by Gasteiger charge is -2.38. The van der Waals surface area contributed by atoms with Gasteiger partial charge in [0.1, 0.15) is 21.0 Å². The van der Waals surface area contributed by atoms with Crippen molar-refractivity contribution in [3.63, 3.8) is 0 Å². The van der Waals surface area contributed by atoms with Crippen molar-refractivity contribution in [1.82, 2.24) is 24.0 Å². The van der Waals surface area contributed by atoms with E-state index in [4.69, 9.17) is 9.49 Å². The standard InChI is InChI=1S/C13H37N7P2/c1-11-15-22(19(7)8,20(9)10)12-16-21(14-2,18(5)6)13-17(3)4/h14H,11-13H2,1-10H3. The Morgan fingerprint density at radius 1 is 0.818 bits per heavy atom. The molecule has 0 aliphatic carbocycles. The van der Waals surface area contributed by atoms with Gasteiger partial charge in [0, 0.05) is 6.54 Å². The van der Waals surface area contributed by atoms with Gasteiger partial charge in [0.2, 0.25) is 0 Å². The quantitative estimate of drug-likeness (QED) is 0.645. The van der Waals surface area contributed by atoms with Crippen LogP contribution in [0.25, 0.3) is 0 Å². The van der Waals surface area contributed by atoms with E-state index in [9.17, 15) is 0 Å². The molecule has 1 atom stereocenters. The van der Waals surface area contributed by atoms with E-state index in [0.717, 1.165) is 19.1 Å². The average Bonchev–Trinajstić information content (AvgIpc) is 2.40. The Kier molecular flexibility index (Phi) is 9.64. The summed E-state index contributed by atoms with van der Waals surface area (Å²) in [5.74, 6) is 0. The van der Waals surface area contributed by atoms with Gasteiger partial charge in [-0.15, -0.1) is 0 Å². The Balaban J connectivity index is 5.92. The van der Waals surface area contributed by atoms with Crippen LogP contribution >= 0.6 is 14.7 Å². The SMILES string of the molecule is CCN=P(CN=P(CN(C)C)(NC)N(C)C)(N(C)C)N(C)C. The maximum Gasteiger partial charge on any atom is 0.117 e. The summed E-state index contributed by atoms with van der Waals surface area (Å²) in [6.45, 7) is 2.92. The molecule has 1 N–H and O–H groups in total. The fourth-order valence-corrected chi connectivity index (χ4v) is 8.21. The van der Waals surface area contributed by atoms with E-state index in [-0.39, 0.29) is 0 Å². The average molecular weight is 353 g/mol. The molecule has 0 fully saturated rings. The predicted molar refractivity (Wildman–Crippen MR) is 103 cm³/mol. The van der Waals surface area contributed by atoms with Gasteiger partial charge in [0.05, 0.1) is 6.29 Å². The monoisotopic (exact) mass is 353 g/mol. The summed E-state index contributed by atoms with van der Waals surface area (Å²) in [6, 6.07) is 0. The molecule has 134 valence electrons. The first kappa shape index (κ1) is 22.3. The molecule has 0 spiro atoms. The smallest absolute Gasteiger partial charge is 0.117 e. The number of nitrogens with one attached hydrogen (secondary N) is 1. The normalized spacial score (nSPS) is 15.7. The van der Waals surface area contributed by atoms with Gasteiger partial charge in [-0.05, 0) is 70.4 Å². The molecule has 0 aromatic rings. The molecule has 0 heterocycles. The van der Waals surface area contributed by atoms with Crippen molar-refractivity contribution >= 4 is 14.7 Å². The first-order valence-corrected chi connectivity index (χ1v) is 11.3. The van der Waals surface area contributed by atoms with Gasteiger partial charge in [-0.25, -0.2) is 0 Å². The van der Waals surface area contributed by atoms with Crippen LogP contribution in [0.4, 0.5) is 0 Å². The maximum absolute atomic E-state index is 5.20. The lowest BCUT2D eigenvalue weighted by atomic mass is 10.8. The van der Waals surface area contributed by atoms with Gasteiger partial charge in [0.15, 0.2) is 0 Å². The molecule has 0 rings (SSSR count). The third kappa shape index (κ3) is 5.41. The summed E-state index contributed by atoms with van der Waals surface area (Å²) in [7, 11) is 15.4. The molecule has 1 unspecified atom stereocenters. The predicted octanol–water partition coefficient (Wildman–Crippen LogP) is 2.45. The maximum atomic E-state index is 5.20. The highest BCUT2D eigenvalue weighted by Gasteiger charge is 2.28. The van der Waals surface area contributed by atoms with E-state index >= 15 is 0 Å². The second kappa shape index (κ2) is 9.53. The lowest BCUT2D eigenvalue weighted by molar-refractivity contribution is 0.464. The van der Waals surface area contributed by atoms with Crippen molar-refractivity contribution in [3.05, 3.63) is 0 Å². The zero-order valence-corrected chi connectivity index (χ0v) is 18.0. The van der Waals surface area contributed by atoms with Crippen LogP contribution in [0.15, 0.2) is 9.49 Å². The Labute approximate surface area is 138 Å². The van der Waals surface area contributed by atoms with Crippen molar-refractivity contribution in [3.8, 4) is 0 Å². The van der Waals surface area contributed by atoms with Gasteiger partial charge in [-0.2, -0.15) is 0 Å². The molecule has 7 nitrogen and oxygen atoms in total. The molecule has 0 radical (unpaired) electrons. The largest absolute Gasteiger partial charge is 0.302 e. The van der Waals surface area contributed by atoms with Crippen LogP contribution < -0.4 is 5.09 Å². The van der Waals surface area contributed by atoms with Crippen LogP contribution in [0.2, 0.25) is 0 Å². The molecule has 0 amide bonds. The minimum Gasteiger partial charge on any atom is -0.302 e. The van der Waals surface area contributed by atoms with Crippen LogP contribution in [-0.2, 0) is 0 Å². The van der Waals surface area contributed by atoms with Gasteiger partial charge >= 0.3 is 0 Å². The highest BCUT2D eigenvalue weighted by Crippen LogP contribution is 2.57. The number of hydrogen-bond acceptors (Lipinski definition) is 3.